The Kier molecular flexibility index (Phi) is 1.58. The Morgan fingerprint density at radius 3 is 3.00 bits per heavy atom. The quantitative estimate of drug-likeness (QED) is 0.527. The van der Waals surface area contributed by atoms with Crippen LogP contribution in [0.3, 0.4) is 0 Å². The van der Waals surface area contributed by atoms with Crippen LogP contribution in [0.4, 0.5) is 4.79 Å². The number of alkyl halides is 1. The SMILES string of the molecule is O=C1N[C@@H](CCl)CO1. The molecule has 0 unspecified atom stereocenters. The summed E-state index contributed by atoms with van der Waals surface area (Å²) in [6.07, 6.45) is -0.365. The molecule has 1 amide bonds. The Balaban J connectivity index is 2.32. The van der Waals surface area contributed by atoms with Crippen molar-refractivity contribution in [3.05, 3.63) is 0 Å². The highest BCUT2D eigenvalue weighted by Crippen LogP contribution is 1.97. The van der Waals surface area contributed by atoms with Crippen molar-refractivity contribution in [2.75, 3.05) is 12.5 Å². The van der Waals surface area contributed by atoms with Gasteiger partial charge in [0.05, 0.1) is 6.04 Å². The van der Waals surface area contributed by atoms with E-state index in [2.05, 4.69) is 10.1 Å². The third kappa shape index (κ3) is 1.04. The van der Waals surface area contributed by atoms with Crippen molar-refractivity contribution < 1.29 is 9.53 Å². The minimum atomic E-state index is -0.365. The van der Waals surface area contributed by atoms with E-state index < -0.39 is 0 Å². The molecule has 1 aliphatic rings. The highest BCUT2D eigenvalue weighted by molar-refractivity contribution is 6.18. The largest absolute Gasteiger partial charge is 0.447 e. The van der Waals surface area contributed by atoms with Gasteiger partial charge in [0, 0.05) is 5.88 Å². The number of rotatable bonds is 1. The molecule has 1 heterocycles. The molecule has 4 heteroatoms. The molecule has 0 saturated carbocycles. The van der Waals surface area contributed by atoms with Crippen LogP contribution in [0.2, 0.25) is 0 Å². The van der Waals surface area contributed by atoms with Crippen LogP contribution in [0.25, 0.3) is 0 Å². The van der Waals surface area contributed by atoms with Gasteiger partial charge in [0.15, 0.2) is 0 Å². The summed E-state index contributed by atoms with van der Waals surface area (Å²) >= 11 is 5.38. The monoisotopic (exact) mass is 135 g/mol. The molecule has 1 fully saturated rings. The van der Waals surface area contributed by atoms with Crippen LogP contribution >= 0.6 is 11.6 Å². The first-order valence-corrected chi connectivity index (χ1v) is 2.85. The number of carbonyl (C=O) groups is 1. The van der Waals surface area contributed by atoms with E-state index in [9.17, 15) is 4.79 Å². The maximum absolute atomic E-state index is 10.2. The predicted molar refractivity (Wildman–Crippen MR) is 29.0 cm³/mol. The third-order valence-corrected chi connectivity index (χ3v) is 1.30. The second kappa shape index (κ2) is 2.22. The fourth-order valence-corrected chi connectivity index (χ4v) is 0.676. The lowest BCUT2D eigenvalue weighted by molar-refractivity contribution is 0.177. The fraction of sp³-hybridized carbons (Fsp3) is 0.750. The van der Waals surface area contributed by atoms with Gasteiger partial charge in [0.25, 0.3) is 0 Å². The Morgan fingerprint density at radius 1 is 2.00 bits per heavy atom. The smallest absolute Gasteiger partial charge is 0.407 e. The molecule has 0 bridgehead atoms. The molecule has 1 N–H and O–H groups in total. The first kappa shape index (κ1) is 5.69. The van der Waals surface area contributed by atoms with Crippen molar-refractivity contribution in [2.24, 2.45) is 0 Å². The molecular formula is C4H6ClNO2. The molecule has 0 spiro atoms. The molecule has 0 aromatic rings. The van der Waals surface area contributed by atoms with E-state index in [-0.39, 0.29) is 12.1 Å². The number of amides is 1. The number of carbonyl (C=O) groups excluding carboxylic acids is 1. The summed E-state index contributed by atoms with van der Waals surface area (Å²) in [4.78, 5) is 10.2. The van der Waals surface area contributed by atoms with E-state index >= 15 is 0 Å². The van der Waals surface area contributed by atoms with E-state index in [4.69, 9.17) is 11.6 Å². The van der Waals surface area contributed by atoms with Gasteiger partial charge in [-0.3, -0.25) is 0 Å². The van der Waals surface area contributed by atoms with Crippen LogP contribution in [0.1, 0.15) is 0 Å². The number of halogens is 1. The number of hydrogen-bond acceptors (Lipinski definition) is 2. The average Bonchev–Trinajstić information content (AvgIpc) is 2.14. The van der Waals surface area contributed by atoms with Crippen LogP contribution in [0.5, 0.6) is 0 Å². The number of ether oxygens (including phenoxy) is 1. The molecule has 3 nitrogen and oxygen atoms in total. The lowest BCUT2D eigenvalue weighted by Crippen LogP contribution is -2.27. The number of nitrogens with one attached hydrogen (secondary N) is 1. The second-order valence-corrected chi connectivity index (χ2v) is 1.90. The first-order chi connectivity index (χ1) is 3.83. The van der Waals surface area contributed by atoms with Gasteiger partial charge in [0.2, 0.25) is 0 Å². The van der Waals surface area contributed by atoms with E-state index in [1.165, 1.54) is 0 Å². The van der Waals surface area contributed by atoms with Gasteiger partial charge in [0.1, 0.15) is 6.61 Å². The Hall–Kier alpha value is -0.440. The zero-order chi connectivity index (χ0) is 5.98. The number of alkyl carbamates (subject to hydrolysis) is 1. The fourth-order valence-electron chi connectivity index (χ4n) is 0.509. The second-order valence-electron chi connectivity index (χ2n) is 1.59. The van der Waals surface area contributed by atoms with Crippen LogP contribution in [-0.2, 0) is 4.74 Å². The summed E-state index contributed by atoms with van der Waals surface area (Å²) in [6.45, 7) is 0.405. The van der Waals surface area contributed by atoms with Crippen molar-refractivity contribution in [3.8, 4) is 0 Å². The summed E-state index contributed by atoms with van der Waals surface area (Å²) in [5.74, 6) is 0.422. The minimum absolute atomic E-state index is 0.0177. The van der Waals surface area contributed by atoms with Gasteiger partial charge in [-0.1, -0.05) is 0 Å². The van der Waals surface area contributed by atoms with Crippen LogP contribution < -0.4 is 5.32 Å². The van der Waals surface area contributed by atoms with Gasteiger partial charge in [-0.2, -0.15) is 0 Å². The third-order valence-electron chi connectivity index (χ3n) is 0.924. The Labute approximate surface area is 52.0 Å². The van der Waals surface area contributed by atoms with Gasteiger partial charge in [-0.25, -0.2) is 4.79 Å². The molecule has 0 aromatic carbocycles. The summed E-state index contributed by atoms with van der Waals surface area (Å²) in [6, 6.07) is 0.0177. The molecule has 8 heavy (non-hydrogen) atoms. The molecular weight excluding hydrogens is 130 g/mol. The van der Waals surface area contributed by atoms with Crippen molar-refractivity contribution >= 4 is 17.7 Å². The maximum Gasteiger partial charge on any atom is 0.407 e. The minimum Gasteiger partial charge on any atom is -0.447 e. The highest BCUT2D eigenvalue weighted by Gasteiger charge is 2.20. The molecule has 1 rings (SSSR count). The predicted octanol–water partition coefficient (Wildman–Crippen LogP) is 0.334. The maximum atomic E-state index is 10.2. The zero-order valence-corrected chi connectivity index (χ0v) is 4.94. The van der Waals surface area contributed by atoms with Crippen molar-refractivity contribution in [1.82, 2.24) is 5.32 Å². The molecule has 0 aliphatic carbocycles. The van der Waals surface area contributed by atoms with Crippen LogP contribution in [0, 0.1) is 0 Å². The van der Waals surface area contributed by atoms with Gasteiger partial charge >= 0.3 is 6.09 Å². The van der Waals surface area contributed by atoms with Crippen molar-refractivity contribution in [3.63, 3.8) is 0 Å². The normalized spacial score (nSPS) is 27.1. The summed E-state index contributed by atoms with van der Waals surface area (Å²) < 4.78 is 4.52. The molecule has 46 valence electrons. The molecule has 0 radical (unpaired) electrons. The number of hydrogen-bond donors (Lipinski definition) is 1. The van der Waals surface area contributed by atoms with Gasteiger partial charge in [-0.15, -0.1) is 11.6 Å². The van der Waals surface area contributed by atoms with E-state index in [1.54, 1.807) is 0 Å². The van der Waals surface area contributed by atoms with E-state index in [0.717, 1.165) is 0 Å². The van der Waals surface area contributed by atoms with E-state index in [0.29, 0.717) is 12.5 Å². The summed E-state index contributed by atoms with van der Waals surface area (Å²) in [5.41, 5.74) is 0. The highest BCUT2D eigenvalue weighted by atomic mass is 35.5. The zero-order valence-electron chi connectivity index (χ0n) is 4.19. The topological polar surface area (TPSA) is 38.3 Å². The van der Waals surface area contributed by atoms with Gasteiger partial charge < -0.3 is 10.1 Å². The average molecular weight is 136 g/mol. The Morgan fingerprint density at radius 2 is 2.75 bits per heavy atom. The molecule has 0 aromatic heterocycles. The van der Waals surface area contributed by atoms with Crippen LogP contribution in [0.15, 0.2) is 0 Å². The lowest BCUT2D eigenvalue weighted by Gasteiger charge is -1.96. The Bertz CT molecular complexity index is 106. The number of cyclic esters (lactones) is 1. The first-order valence-electron chi connectivity index (χ1n) is 2.32. The van der Waals surface area contributed by atoms with Crippen molar-refractivity contribution in [1.29, 1.82) is 0 Å². The standard InChI is InChI=1S/C4H6ClNO2/c5-1-3-2-8-4(7)6-3/h3H,1-2H2,(H,6,7)/t3-/m0/s1. The summed E-state index contributed by atoms with van der Waals surface area (Å²) in [5, 5.41) is 2.51. The molecule has 1 aliphatic heterocycles. The molecule has 1 saturated heterocycles. The van der Waals surface area contributed by atoms with Crippen molar-refractivity contribution in [2.45, 2.75) is 6.04 Å². The van der Waals surface area contributed by atoms with Crippen LogP contribution in [-0.4, -0.2) is 24.6 Å². The lowest BCUT2D eigenvalue weighted by atomic mass is 10.4. The molecule has 1 atom stereocenters. The van der Waals surface area contributed by atoms with E-state index in [1.807, 2.05) is 0 Å². The summed E-state index contributed by atoms with van der Waals surface area (Å²) in [7, 11) is 0. The van der Waals surface area contributed by atoms with Gasteiger partial charge in [-0.05, 0) is 0 Å².